The van der Waals surface area contributed by atoms with Crippen molar-refractivity contribution >= 4 is 24.0 Å². The van der Waals surface area contributed by atoms with Gasteiger partial charge in [-0.2, -0.15) is 17.9 Å². The minimum atomic E-state index is -4.80. The number of nitrogens with zero attached hydrogens (tertiary/aromatic N) is 3. The van der Waals surface area contributed by atoms with Crippen molar-refractivity contribution in [2.45, 2.75) is 71.4 Å². The highest BCUT2D eigenvalue weighted by Gasteiger charge is 2.34. The molecular formula is C18H25F3N4O7. The first-order valence-electron chi connectivity index (χ1n) is 9.28. The van der Waals surface area contributed by atoms with E-state index in [4.69, 9.17) is 9.47 Å². The Morgan fingerprint density at radius 2 is 1.66 bits per heavy atom. The summed E-state index contributed by atoms with van der Waals surface area (Å²) in [5, 5.41) is 8.36. The van der Waals surface area contributed by atoms with Gasteiger partial charge >= 0.3 is 24.3 Å². The fourth-order valence-electron chi connectivity index (χ4n) is 2.14. The highest BCUT2D eigenvalue weighted by atomic mass is 19.4. The summed E-state index contributed by atoms with van der Waals surface area (Å²) in [6, 6.07) is -1.70. The molecule has 0 bridgehead atoms. The molecule has 1 aromatic heterocycles. The molecule has 1 amide bonds. The number of nitrogens with one attached hydrogen (secondary N) is 1. The number of alkyl carbamates (subject to hydrolysis) is 1. The van der Waals surface area contributed by atoms with Crippen LogP contribution in [-0.2, 0) is 25.4 Å². The SMILES string of the molecule is CC(C)(C)OC(=O)N[C@@H](Cc1cn(C(=O)OC(C)(C)C)nc1N=O)C(=O)OCC(F)(F)F. The van der Waals surface area contributed by atoms with Gasteiger partial charge in [0.2, 0.25) is 5.82 Å². The first kappa shape index (κ1) is 26.8. The summed E-state index contributed by atoms with van der Waals surface area (Å²) in [5.41, 5.74) is -1.99. The van der Waals surface area contributed by atoms with Crippen molar-refractivity contribution < 1.29 is 41.8 Å². The molecule has 0 aromatic carbocycles. The number of carbonyl (C=O) groups is 3. The van der Waals surface area contributed by atoms with E-state index in [9.17, 15) is 32.5 Å². The summed E-state index contributed by atoms with van der Waals surface area (Å²) >= 11 is 0. The predicted octanol–water partition coefficient (Wildman–Crippen LogP) is 3.61. The summed E-state index contributed by atoms with van der Waals surface area (Å²) in [5.74, 6) is -1.98. The Morgan fingerprint density at radius 1 is 1.09 bits per heavy atom. The quantitative estimate of drug-likeness (QED) is 0.381. The van der Waals surface area contributed by atoms with Crippen LogP contribution in [0.15, 0.2) is 11.4 Å². The summed E-state index contributed by atoms with van der Waals surface area (Å²) in [4.78, 5) is 47.5. The van der Waals surface area contributed by atoms with Gasteiger partial charge in [-0.15, -0.1) is 10.0 Å². The van der Waals surface area contributed by atoms with Crippen molar-refractivity contribution in [2.24, 2.45) is 5.18 Å². The monoisotopic (exact) mass is 466 g/mol. The summed E-state index contributed by atoms with van der Waals surface area (Å²) in [6.07, 6.45) is -6.45. The van der Waals surface area contributed by atoms with Crippen LogP contribution < -0.4 is 5.32 Å². The van der Waals surface area contributed by atoms with Gasteiger partial charge in [-0.05, 0) is 46.7 Å². The smallest absolute Gasteiger partial charge is 0.435 e. The Labute approximate surface area is 181 Å². The molecule has 0 fully saturated rings. The van der Waals surface area contributed by atoms with Crippen LogP contribution in [0, 0.1) is 4.91 Å². The second-order valence-corrected chi connectivity index (χ2v) is 8.62. The zero-order valence-corrected chi connectivity index (χ0v) is 18.4. The molecule has 0 saturated heterocycles. The second kappa shape index (κ2) is 9.96. The molecule has 1 atom stereocenters. The number of aromatic nitrogens is 2. The number of hydrogen-bond acceptors (Lipinski definition) is 9. The van der Waals surface area contributed by atoms with Crippen LogP contribution in [0.2, 0.25) is 0 Å². The molecule has 0 unspecified atom stereocenters. The third-order valence-electron chi connectivity index (χ3n) is 3.21. The van der Waals surface area contributed by atoms with E-state index >= 15 is 0 Å². The number of rotatable bonds is 6. The minimum Gasteiger partial charge on any atom is -0.454 e. The first-order chi connectivity index (χ1) is 14.4. The van der Waals surface area contributed by atoms with E-state index in [-0.39, 0.29) is 5.56 Å². The molecule has 1 N–H and O–H groups in total. The summed E-state index contributed by atoms with van der Waals surface area (Å²) in [6.45, 7) is 7.46. The van der Waals surface area contributed by atoms with Crippen LogP contribution in [0.4, 0.5) is 28.6 Å². The van der Waals surface area contributed by atoms with E-state index in [1.807, 2.05) is 0 Å². The number of carbonyl (C=O) groups excluding carboxylic acids is 3. The maximum Gasteiger partial charge on any atom is 0.435 e. The van der Waals surface area contributed by atoms with Gasteiger partial charge in [-0.1, -0.05) is 0 Å². The van der Waals surface area contributed by atoms with Crippen LogP contribution in [-0.4, -0.2) is 58.0 Å². The van der Waals surface area contributed by atoms with E-state index in [2.05, 4.69) is 20.3 Å². The van der Waals surface area contributed by atoms with E-state index in [1.165, 1.54) is 20.8 Å². The van der Waals surface area contributed by atoms with Crippen molar-refractivity contribution in [1.29, 1.82) is 0 Å². The van der Waals surface area contributed by atoms with Gasteiger partial charge in [0.15, 0.2) is 6.61 Å². The molecule has 0 spiro atoms. The highest BCUT2D eigenvalue weighted by Crippen LogP contribution is 2.21. The van der Waals surface area contributed by atoms with Crippen LogP contribution >= 0.6 is 0 Å². The summed E-state index contributed by atoms with van der Waals surface area (Å²) in [7, 11) is 0. The maximum atomic E-state index is 12.4. The molecule has 11 nitrogen and oxygen atoms in total. The van der Waals surface area contributed by atoms with Crippen LogP contribution in [0.3, 0.4) is 0 Å². The molecule has 1 heterocycles. The lowest BCUT2D eigenvalue weighted by Crippen LogP contribution is -2.46. The largest absolute Gasteiger partial charge is 0.454 e. The normalized spacial score (nSPS) is 13.2. The third kappa shape index (κ3) is 9.75. The average Bonchev–Trinajstić information content (AvgIpc) is 2.98. The molecule has 1 aromatic rings. The zero-order valence-electron chi connectivity index (χ0n) is 18.4. The van der Waals surface area contributed by atoms with Gasteiger partial charge < -0.3 is 19.5 Å². The fraction of sp³-hybridized carbons (Fsp3) is 0.667. The average molecular weight is 466 g/mol. The van der Waals surface area contributed by atoms with Crippen LogP contribution in [0.5, 0.6) is 0 Å². The molecule has 1 rings (SSSR count). The number of hydrogen-bond donors (Lipinski definition) is 1. The number of nitroso groups, excluding NO2 is 1. The Bertz CT molecular complexity index is 854. The van der Waals surface area contributed by atoms with Crippen molar-refractivity contribution in [2.75, 3.05) is 6.61 Å². The van der Waals surface area contributed by atoms with E-state index in [0.717, 1.165) is 6.20 Å². The minimum absolute atomic E-state index is 0.129. The maximum absolute atomic E-state index is 12.4. The second-order valence-electron chi connectivity index (χ2n) is 8.62. The molecule has 32 heavy (non-hydrogen) atoms. The first-order valence-corrected chi connectivity index (χ1v) is 9.28. The van der Waals surface area contributed by atoms with Crippen molar-refractivity contribution in [3.63, 3.8) is 0 Å². The van der Waals surface area contributed by atoms with E-state index in [1.54, 1.807) is 20.8 Å². The Hall–Kier alpha value is -3.19. The zero-order chi connectivity index (χ0) is 24.9. The number of esters is 1. The third-order valence-corrected chi connectivity index (χ3v) is 3.21. The van der Waals surface area contributed by atoms with Crippen molar-refractivity contribution in [1.82, 2.24) is 15.1 Å². The molecule has 0 aliphatic carbocycles. The lowest BCUT2D eigenvalue weighted by molar-refractivity contribution is -0.187. The van der Waals surface area contributed by atoms with Gasteiger partial charge in [-0.25, -0.2) is 14.4 Å². The molecule has 0 radical (unpaired) electrons. The van der Waals surface area contributed by atoms with Gasteiger partial charge in [-0.3, -0.25) is 0 Å². The van der Waals surface area contributed by atoms with Gasteiger partial charge in [0, 0.05) is 18.2 Å². The fourth-order valence-corrected chi connectivity index (χ4v) is 2.14. The van der Waals surface area contributed by atoms with Crippen LogP contribution in [0.1, 0.15) is 47.1 Å². The van der Waals surface area contributed by atoms with Gasteiger partial charge in [0.25, 0.3) is 0 Å². The molecule has 0 aliphatic rings. The molecule has 14 heteroatoms. The van der Waals surface area contributed by atoms with Gasteiger partial charge in [0.05, 0.1) is 0 Å². The van der Waals surface area contributed by atoms with E-state index in [0.29, 0.717) is 4.68 Å². The molecule has 180 valence electrons. The number of alkyl halides is 3. The Kier molecular flexibility index (Phi) is 8.35. The Balaban J connectivity index is 3.14. The topological polar surface area (TPSA) is 138 Å². The van der Waals surface area contributed by atoms with Crippen molar-refractivity contribution in [3.8, 4) is 0 Å². The highest BCUT2D eigenvalue weighted by molar-refractivity contribution is 5.82. The van der Waals surface area contributed by atoms with Gasteiger partial charge in [0.1, 0.15) is 17.2 Å². The Morgan fingerprint density at radius 3 is 2.12 bits per heavy atom. The number of ether oxygens (including phenoxy) is 3. The number of halogens is 3. The summed E-state index contributed by atoms with van der Waals surface area (Å²) < 4.78 is 52.2. The molecule has 0 aliphatic heterocycles. The lowest BCUT2D eigenvalue weighted by Gasteiger charge is -2.23. The standard InChI is InChI=1S/C18H25F3N4O7/c1-16(2,3)31-14(27)22-11(13(26)30-9-18(19,20)21)7-10-8-25(23-12(10)24-29)15(28)32-17(4,5)6/h8,11H,7,9H2,1-6H3,(H,22,27)/t11-/m0/s1. The van der Waals surface area contributed by atoms with Crippen LogP contribution in [0.25, 0.3) is 0 Å². The van der Waals surface area contributed by atoms with E-state index < -0.39 is 60.4 Å². The molecular weight excluding hydrogens is 441 g/mol. The van der Waals surface area contributed by atoms with Crippen molar-refractivity contribution in [3.05, 3.63) is 16.7 Å². The predicted molar refractivity (Wildman–Crippen MR) is 103 cm³/mol. The number of amides is 1. The lowest BCUT2D eigenvalue weighted by atomic mass is 10.1. The molecule has 0 saturated carbocycles.